The highest BCUT2D eigenvalue weighted by atomic mass is 16.9. The first-order valence-corrected chi connectivity index (χ1v) is 5.76. The third kappa shape index (κ3) is 2.04. The topological polar surface area (TPSA) is 36.9 Å². The first kappa shape index (κ1) is 12.9. The fraction of sp³-hybridized carbons (Fsp3) is 1.00. The average Bonchev–Trinajstić information content (AvgIpc) is 2.24. The van der Waals surface area contributed by atoms with Gasteiger partial charge in [-0.05, 0) is 27.2 Å². The van der Waals surface area contributed by atoms with Crippen molar-refractivity contribution in [2.24, 2.45) is 0 Å². The normalized spacial score (nSPS) is 28.8. The molecule has 0 spiro atoms. The van der Waals surface area contributed by atoms with E-state index >= 15 is 0 Å². The van der Waals surface area contributed by atoms with Gasteiger partial charge in [-0.1, -0.05) is 6.92 Å². The van der Waals surface area contributed by atoms with E-state index in [9.17, 15) is 0 Å². The van der Waals surface area contributed by atoms with Gasteiger partial charge < -0.3 is 18.9 Å². The molecular formula is C11H22O4. The summed E-state index contributed by atoms with van der Waals surface area (Å²) in [6.45, 7) is 10.2. The highest BCUT2D eigenvalue weighted by Gasteiger charge is 2.64. The second kappa shape index (κ2) is 5.25. The van der Waals surface area contributed by atoms with Gasteiger partial charge in [0.25, 0.3) is 0 Å². The smallest absolute Gasteiger partial charge is 0.316 e. The Hall–Kier alpha value is -0.160. The summed E-state index contributed by atoms with van der Waals surface area (Å²) < 4.78 is 22.4. The molecule has 4 nitrogen and oxygen atoms in total. The lowest BCUT2D eigenvalue weighted by Gasteiger charge is -2.55. The molecule has 1 unspecified atom stereocenters. The number of hydrogen-bond acceptors (Lipinski definition) is 4. The first-order chi connectivity index (χ1) is 7.20. The molecule has 1 aliphatic rings. The largest absolute Gasteiger partial charge is 0.364 e. The van der Waals surface area contributed by atoms with Crippen LogP contribution in [0.5, 0.6) is 0 Å². The summed E-state index contributed by atoms with van der Waals surface area (Å²) in [4.78, 5) is 0. The Kier molecular flexibility index (Phi) is 4.52. The lowest BCUT2D eigenvalue weighted by atomic mass is 9.92. The van der Waals surface area contributed by atoms with E-state index in [1.54, 1.807) is 0 Å². The molecule has 0 saturated carbocycles. The molecule has 15 heavy (non-hydrogen) atoms. The van der Waals surface area contributed by atoms with Crippen molar-refractivity contribution in [2.45, 2.75) is 45.7 Å². The van der Waals surface area contributed by atoms with Crippen LogP contribution in [0, 0.1) is 0 Å². The third-order valence-corrected chi connectivity index (χ3v) is 2.71. The maximum atomic E-state index is 5.76. The maximum Gasteiger partial charge on any atom is 0.316 e. The quantitative estimate of drug-likeness (QED) is 0.612. The number of hydrogen-bond donors (Lipinski definition) is 0. The van der Waals surface area contributed by atoms with Gasteiger partial charge in [-0.25, -0.2) is 0 Å². The van der Waals surface area contributed by atoms with Crippen LogP contribution in [0.15, 0.2) is 0 Å². The van der Waals surface area contributed by atoms with Gasteiger partial charge in [-0.15, -0.1) is 0 Å². The standard InChI is InChI=1S/C11H22O4/c1-5-10(12-6-2)9-15-11(10,13-7-3)14-8-4/h5-9H2,1-4H3. The monoisotopic (exact) mass is 218 g/mol. The SMILES string of the molecule is CCOC1(CC)COC1(OCC)OCC. The molecule has 1 saturated heterocycles. The summed E-state index contributed by atoms with van der Waals surface area (Å²) in [5, 5.41) is 0. The summed E-state index contributed by atoms with van der Waals surface area (Å²) in [6, 6.07) is 0. The van der Waals surface area contributed by atoms with Crippen LogP contribution in [-0.2, 0) is 18.9 Å². The van der Waals surface area contributed by atoms with Gasteiger partial charge in [0.1, 0.15) is 0 Å². The zero-order chi connectivity index (χ0) is 11.4. The van der Waals surface area contributed by atoms with Crippen molar-refractivity contribution in [3.8, 4) is 0 Å². The van der Waals surface area contributed by atoms with Crippen LogP contribution in [0.3, 0.4) is 0 Å². The molecule has 0 aliphatic carbocycles. The molecule has 0 aromatic rings. The van der Waals surface area contributed by atoms with E-state index in [0.717, 1.165) is 6.42 Å². The van der Waals surface area contributed by atoms with Crippen molar-refractivity contribution < 1.29 is 18.9 Å². The molecule has 1 fully saturated rings. The average molecular weight is 218 g/mol. The predicted molar refractivity (Wildman–Crippen MR) is 56.6 cm³/mol. The lowest BCUT2D eigenvalue weighted by Crippen LogP contribution is -2.72. The molecule has 4 heteroatoms. The maximum absolute atomic E-state index is 5.76. The molecule has 0 aromatic heterocycles. The third-order valence-electron chi connectivity index (χ3n) is 2.71. The first-order valence-electron chi connectivity index (χ1n) is 5.76. The van der Waals surface area contributed by atoms with Crippen molar-refractivity contribution >= 4 is 0 Å². The van der Waals surface area contributed by atoms with Gasteiger partial charge in [0, 0.05) is 19.8 Å². The highest BCUT2D eigenvalue weighted by Crippen LogP contribution is 2.44. The van der Waals surface area contributed by atoms with Crippen molar-refractivity contribution in [3.05, 3.63) is 0 Å². The molecule has 0 amide bonds. The van der Waals surface area contributed by atoms with Crippen LogP contribution in [-0.4, -0.2) is 38.0 Å². The Balaban J connectivity index is 2.77. The molecule has 90 valence electrons. The number of ether oxygens (including phenoxy) is 4. The fourth-order valence-corrected chi connectivity index (χ4v) is 1.95. The van der Waals surface area contributed by atoms with Crippen molar-refractivity contribution in [3.63, 3.8) is 0 Å². The van der Waals surface area contributed by atoms with Crippen LogP contribution >= 0.6 is 0 Å². The van der Waals surface area contributed by atoms with E-state index in [4.69, 9.17) is 18.9 Å². The fourth-order valence-electron chi connectivity index (χ4n) is 1.95. The minimum absolute atomic E-state index is 0.437. The van der Waals surface area contributed by atoms with E-state index in [1.165, 1.54) is 0 Å². The molecule has 1 atom stereocenters. The molecular weight excluding hydrogens is 196 g/mol. The van der Waals surface area contributed by atoms with Crippen molar-refractivity contribution in [1.29, 1.82) is 0 Å². The predicted octanol–water partition coefficient (Wildman–Crippen LogP) is 1.93. The Bertz CT molecular complexity index is 185. The lowest BCUT2D eigenvalue weighted by molar-refractivity contribution is -0.516. The van der Waals surface area contributed by atoms with Crippen LogP contribution in [0.2, 0.25) is 0 Å². The van der Waals surface area contributed by atoms with Gasteiger partial charge in [0.15, 0.2) is 5.60 Å². The second-order valence-corrected chi connectivity index (χ2v) is 3.49. The molecule has 0 aromatic carbocycles. The molecule has 1 rings (SSSR count). The molecule has 0 bridgehead atoms. The Labute approximate surface area is 91.8 Å². The Morgan fingerprint density at radius 1 is 0.933 bits per heavy atom. The summed E-state index contributed by atoms with van der Waals surface area (Å²) in [5.74, 6) is -0.985. The van der Waals surface area contributed by atoms with E-state index in [-0.39, 0.29) is 0 Å². The van der Waals surface area contributed by atoms with E-state index < -0.39 is 11.6 Å². The van der Waals surface area contributed by atoms with Crippen LogP contribution in [0.1, 0.15) is 34.1 Å². The second-order valence-electron chi connectivity index (χ2n) is 3.49. The van der Waals surface area contributed by atoms with Gasteiger partial charge >= 0.3 is 5.97 Å². The van der Waals surface area contributed by atoms with E-state index in [0.29, 0.717) is 26.4 Å². The van der Waals surface area contributed by atoms with Gasteiger partial charge in [0.2, 0.25) is 0 Å². The van der Waals surface area contributed by atoms with Crippen molar-refractivity contribution in [2.75, 3.05) is 26.4 Å². The molecule has 0 N–H and O–H groups in total. The number of rotatable bonds is 7. The van der Waals surface area contributed by atoms with Crippen LogP contribution in [0.25, 0.3) is 0 Å². The molecule has 0 radical (unpaired) electrons. The Morgan fingerprint density at radius 2 is 1.47 bits per heavy atom. The summed E-state index contributed by atoms with van der Waals surface area (Å²) in [7, 11) is 0. The minimum Gasteiger partial charge on any atom is -0.364 e. The molecule has 1 aliphatic heterocycles. The van der Waals surface area contributed by atoms with E-state index in [1.807, 2.05) is 20.8 Å². The molecule has 1 heterocycles. The minimum atomic E-state index is -0.985. The van der Waals surface area contributed by atoms with Gasteiger partial charge in [0.05, 0.1) is 6.61 Å². The Morgan fingerprint density at radius 3 is 1.73 bits per heavy atom. The zero-order valence-corrected chi connectivity index (χ0v) is 10.2. The van der Waals surface area contributed by atoms with Crippen LogP contribution < -0.4 is 0 Å². The van der Waals surface area contributed by atoms with E-state index in [2.05, 4.69) is 6.92 Å². The van der Waals surface area contributed by atoms with Crippen molar-refractivity contribution in [1.82, 2.24) is 0 Å². The summed E-state index contributed by atoms with van der Waals surface area (Å²) >= 11 is 0. The highest BCUT2D eigenvalue weighted by molar-refractivity contribution is 4.98. The summed E-state index contributed by atoms with van der Waals surface area (Å²) in [5.41, 5.74) is -0.437. The van der Waals surface area contributed by atoms with Crippen LogP contribution in [0.4, 0.5) is 0 Å². The summed E-state index contributed by atoms with van der Waals surface area (Å²) in [6.07, 6.45) is 0.820. The van der Waals surface area contributed by atoms with Gasteiger partial charge in [-0.3, -0.25) is 0 Å². The zero-order valence-electron chi connectivity index (χ0n) is 10.2. The van der Waals surface area contributed by atoms with Gasteiger partial charge in [-0.2, -0.15) is 0 Å².